The summed E-state index contributed by atoms with van der Waals surface area (Å²) in [7, 11) is 0. The van der Waals surface area contributed by atoms with Crippen LogP contribution in [0.2, 0.25) is 10.0 Å². The van der Waals surface area contributed by atoms with Gasteiger partial charge in [-0.15, -0.1) is 0 Å². The van der Waals surface area contributed by atoms with Crippen molar-refractivity contribution in [3.8, 4) is 0 Å². The van der Waals surface area contributed by atoms with Gasteiger partial charge in [-0.05, 0) is 37.5 Å². The van der Waals surface area contributed by atoms with E-state index in [0.717, 1.165) is 18.4 Å². The molecular weight excluding hydrogens is 243 g/mol. The predicted molar refractivity (Wildman–Crippen MR) is 69.4 cm³/mol. The van der Waals surface area contributed by atoms with Gasteiger partial charge < -0.3 is 0 Å². The molecule has 0 radical (unpaired) electrons. The van der Waals surface area contributed by atoms with Crippen LogP contribution in [-0.2, 0) is 10.2 Å². The van der Waals surface area contributed by atoms with E-state index in [4.69, 9.17) is 23.2 Å². The third-order valence-electron chi connectivity index (χ3n) is 3.35. The molecule has 1 nitrogen and oxygen atoms in total. The molecule has 0 saturated carbocycles. The van der Waals surface area contributed by atoms with Crippen molar-refractivity contribution in [3.63, 3.8) is 0 Å². The van der Waals surface area contributed by atoms with Gasteiger partial charge in [0.2, 0.25) is 0 Å². The SMILES string of the molecule is CCC(CC)(C(C)=O)c1ccc(Cl)c(Cl)c1. The third kappa shape index (κ3) is 2.26. The number of hydrogen-bond donors (Lipinski definition) is 0. The van der Waals surface area contributed by atoms with Crippen LogP contribution in [0.4, 0.5) is 0 Å². The first kappa shape index (κ1) is 13.5. The van der Waals surface area contributed by atoms with Gasteiger partial charge in [0, 0.05) is 0 Å². The van der Waals surface area contributed by atoms with E-state index in [1.54, 1.807) is 19.1 Å². The van der Waals surface area contributed by atoms with Crippen molar-refractivity contribution in [1.29, 1.82) is 0 Å². The maximum Gasteiger partial charge on any atom is 0.140 e. The Balaban J connectivity index is 3.31. The molecule has 0 spiro atoms. The zero-order valence-electron chi connectivity index (χ0n) is 9.81. The number of ketones is 1. The van der Waals surface area contributed by atoms with Crippen LogP contribution in [0.1, 0.15) is 39.2 Å². The van der Waals surface area contributed by atoms with Crippen LogP contribution < -0.4 is 0 Å². The molecule has 0 unspecified atom stereocenters. The minimum absolute atomic E-state index is 0.177. The Labute approximate surface area is 107 Å². The van der Waals surface area contributed by atoms with Crippen LogP contribution in [0, 0.1) is 0 Å². The van der Waals surface area contributed by atoms with Gasteiger partial charge in [0.25, 0.3) is 0 Å². The summed E-state index contributed by atoms with van der Waals surface area (Å²) in [5, 5.41) is 1.03. The third-order valence-corrected chi connectivity index (χ3v) is 4.09. The Morgan fingerprint density at radius 1 is 1.19 bits per heavy atom. The summed E-state index contributed by atoms with van der Waals surface area (Å²) in [6, 6.07) is 5.45. The van der Waals surface area contributed by atoms with Crippen molar-refractivity contribution in [2.24, 2.45) is 0 Å². The van der Waals surface area contributed by atoms with Gasteiger partial charge in [0.15, 0.2) is 0 Å². The predicted octanol–water partition coefficient (Wildman–Crippen LogP) is 4.64. The standard InChI is InChI=1S/C13H16Cl2O/c1-4-13(5-2,9(3)16)10-6-7-11(14)12(15)8-10/h6-8H,4-5H2,1-3H3. The molecule has 0 bridgehead atoms. The molecule has 88 valence electrons. The number of benzene rings is 1. The molecule has 16 heavy (non-hydrogen) atoms. The first-order valence-electron chi connectivity index (χ1n) is 5.44. The normalized spacial score (nSPS) is 11.6. The molecule has 1 rings (SSSR count). The maximum absolute atomic E-state index is 11.8. The highest BCUT2D eigenvalue weighted by Gasteiger charge is 2.33. The smallest absolute Gasteiger partial charge is 0.140 e. The highest BCUT2D eigenvalue weighted by Crippen LogP contribution is 2.35. The van der Waals surface area contributed by atoms with E-state index in [1.807, 2.05) is 19.9 Å². The Kier molecular flexibility index (Phi) is 4.40. The van der Waals surface area contributed by atoms with Crippen LogP contribution >= 0.6 is 23.2 Å². The molecule has 0 N–H and O–H groups in total. The average molecular weight is 259 g/mol. The summed E-state index contributed by atoms with van der Waals surface area (Å²) < 4.78 is 0. The van der Waals surface area contributed by atoms with Gasteiger partial charge in [-0.25, -0.2) is 0 Å². The summed E-state index contributed by atoms with van der Waals surface area (Å²) in [5.41, 5.74) is 0.535. The number of rotatable bonds is 4. The molecule has 0 atom stereocenters. The van der Waals surface area contributed by atoms with Crippen molar-refractivity contribution in [1.82, 2.24) is 0 Å². The van der Waals surface area contributed by atoms with Crippen molar-refractivity contribution >= 4 is 29.0 Å². The van der Waals surface area contributed by atoms with Gasteiger partial charge in [-0.2, -0.15) is 0 Å². The number of carbonyl (C=O) groups is 1. The van der Waals surface area contributed by atoms with Gasteiger partial charge in [-0.1, -0.05) is 43.1 Å². The topological polar surface area (TPSA) is 17.1 Å². The molecule has 0 aliphatic rings. The van der Waals surface area contributed by atoms with E-state index < -0.39 is 5.41 Å². The lowest BCUT2D eigenvalue weighted by Gasteiger charge is -2.29. The Hall–Kier alpha value is -0.530. The van der Waals surface area contributed by atoms with Gasteiger partial charge >= 0.3 is 0 Å². The van der Waals surface area contributed by atoms with Crippen LogP contribution in [0.3, 0.4) is 0 Å². The highest BCUT2D eigenvalue weighted by molar-refractivity contribution is 6.42. The second kappa shape index (κ2) is 5.20. The summed E-state index contributed by atoms with van der Waals surface area (Å²) in [4.78, 5) is 11.8. The van der Waals surface area contributed by atoms with Gasteiger partial charge in [0.05, 0.1) is 15.5 Å². The van der Waals surface area contributed by atoms with Crippen LogP contribution in [0.15, 0.2) is 18.2 Å². The average Bonchev–Trinajstić information content (AvgIpc) is 2.25. The zero-order chi connectivity index (χ0) is 12.3. The van der Waals surface area contributed by atoms with E-state index in [1.165, 1.54) is 0 Å². The largest absolute Gasteiger partial charge is 0.299 e. The second-order valence-corrected chi connectivity index (χ2v) is 4.79. The molecule has 0 amide bonds. The quantitative estimate of drug-likeness (QED) is 0.769. The second-order valence-electron chi connectivity index (χ2n) is 3.97. The maximum atomic E-state index is 11.8. The first-order valence-corrected chi connectivity index (χ1v) is 6.20. The Morgan fingerprint density at radius 2 is 1.75 bits per heavy atom. The number of Topliss-reactive ketones (excluding diaryl/α,β-unsaturated/α-hetero) is 1. The van der Waals surface area contributed by atoms with Crippen molar-refractivity contribution in [2.45, 2.75) is 39.0 Å². The van der Waals surface area contributed by atoms with Crippen molar-refractivity contribution in [2.75, 3.05) is 0 Å². The minimum atomic E-state index is -0.422. The Morgan fingerprint density at radius 3 is 2.12 bits per heavy atom. The van der Waals surface area contributed by atoms with E-state index in [0.29, 0.717) is 10.0 Å². The molecular formula is C13H16Cl2O. The fourth-order valence-corrected chi connectivity index (χ4v) is 2.45. The molecule has 0 saturated heterocycles. The van der Waals surface area contributed by atoms with Crippen molar-refractivity contribution in [3.05, 3.63) is 33.8 Å². The lowest BCUT2D eigenvalue weighted by atomic mass is 9.73. The molecule has 0 aliphatic heterocycles. The fraction of sp³-hybridized carbons (Fsp3) is 0.462. The molecule has 3 heteroatoms. The lowest BCUT2D eigenvalue weighted by Crippen LogP contribution is -2.32. The summed E-state index contributed by atoms with van der Waals surface area (Å²) in [5.74, 6) is 0.177. The monoisotopic (exact) mass is 258 g/mol. The van der Waals surface area contributed by atoms with Crippen LogP contribution in [0.25, 0.3) is 0 Å². The highest BCUT2D eigenvalue weighted by atomic mass is 35.5. The van der Waals surface area contributed by atoms with E-state index >= 15 is 0 Å². The molecule has 1 aromatic rings. The summed E-state index contributed by atoms with van der Waals surface area (Å²) in [6.07, 6.45) is 1.55. The first-order chi connectivity index (χ1) is 7.47. The number of carbonyl (C=O) groups excluding carboxylic acids is 1. The lowest BCUT2D eigenvalue weighted by molar-refractivity contribution is -0.122. The molecule has 0 aromatic heterocycles. The molecule has 0 fully saturated rings. The van der Waals surface area contributed by atoms with Crippen molar-refractivity contribution < 1.29 is 4.79 Å². The summed E-state index contributed by atoms with van der Waals surface area (Å²) >= 11 is 11.9. The minimum Gasteiger partial charge on any atom is -0.299 e. The van der Waals surface area contributed by atoms with E-state index in [-0.39, 0.29) is 5.78 Å². The summed E-state index contributed by atoms with van der Waals surface area (Å²) in [6.45, 7) is 5.68. The number of hydrogen-bond acceptors (Lipinski definition) is 1. The van der Waals surface area contributed by atoms with E-state index in [2.05, 4.69) is 0 Å². The zero-order valence-corrected chi connectivity index (χ0v) is 11.3. The molecule has 1 aromatic carbocycles. The number of halogens is 2. The van der Waals surface area contributed by atoms with Crippen LogP contribution in [-0.4, -0.2) is 5.78 Å². The Bertz CT molecular complexity index is 395. The molecule has 0 aliphatic carbocycles. The van der Waals surface area contributed by atoms with E-state index in [9.17, 15) is 4.79 Å². The van der Waals surface area contributed by atoms with Crippen LogP contribution in [0.5, 0.6) is 0 Å². The van der Waals surface area contributed by atoms with Gasteiger partial charge in [0.1, 0.15) is 5.78 Å². The molecule has 0 heterocycles. The van der Waals surface area contributed by atoms with Gasteiger partial charge in [-0.3, -0.25) is 4.79 Å². The fourth-order valence-electron chi connectivity index (χ4n) is 2.15.